The van der Waals surface area contributed by atoms with Gasteiger partial charge >= 0.3 is 0 Å². The highest BCUT2D eigenvalue weighted by Gasteiger charge is 2.84. The lowest BCUT2D eigenvalue weighted by atomic mass is 10.1. The average Bonchev–Trinajstić information content (AvgIpc) is 3.22. The predicted molar refractivity (Wildman–Crippen MR) is 126 cm³/mol. The van der Waals surface area contributed by atoms with Crippen molar-refractivity contribution < 1.29 is 9.59 Å². The Morgan fingerprint density at radius 2 is 1.06 bits per heavy atom. The van der Waals surface area contributed by atoms with E-state index in [2.05, 4.69) is 72.2 Å². The fourth-order valence-electron chi connectivity index (χ4n) is 5.73. The molecule has 2 heterocycles. The van der Waals surface area contributed by atoms with E-state index in [0.717, 1.165) is 24.5 Å². The Kier molecular flexibility index (Phi) is 4.00. The monoisotopic (exact) mass is 423 g/mol. The summed E-state index contributed by atoms with van der Waals surface area (Å²) >= 11 is 0. The summed E-state index contributed by atoms with van der Waals surface area (Å²) in [5.74, 6) is -0.940. The Bertz CT molecular complexity index is 1130. The Hall–Kier alpha value is -3.60. The van der Waals surface area contributed by atoms with Crippen LogP contribution in [0.4, 0.5) is 17.1 Å². The summed E-state index contributed by atoms with van der Waals surface area (Å²) in [5.41, 5.74) is 4.53. The Balaban J connectivity index is 1.44. The van der Waals surface area contributed by atoms with Gasteiger partial charge in [0.05, 0.1) is 17.5 Å². The number of hydrogen-bond acceptors (Lipinski definition) is 4. The minimum atomic E-state index is -0.635. The van der Waals surface area contributed by atoms with Gasteiger partial charge in [0.1, 0.15) is 5.66 Å². The molecule has 2 aliphatic heterocycles. The van der Waals surface area contributed by atoms with E-state index in [1.165, 1.54) is 16.0 Å². The number of piperidine rings is 1. The maximum atomic E-state index is 13.6. The first-order chi connectivity index (χ1) is 15.5. The number of carbonyl (C=O) groups excluding carboxylic acids is 2. The van der Waals surface area contributed by atoms with Crippen LogP contribution in [0.5, 0.6) is 0 Å². The minimum absolute atomic E-state index is 0.0951. The third-order valence-electron chi connectivity index (χ3n) is 7.23. The minimum Gasteiger partial charge on any atom is -0.345 e. The number of nitrogens with zero attached hydrogens (tertiary/aromatic N) is 3. The van der Waals surface area contributed by atoms with Gasteiger partial charge in [0.25, 0.3) is 0 Å². The van der Waals surface area contributed by atoms with Gasteiger partial charge in [0.15, 0.2) is 0 Å². The van der Waals surface area contributed by atoms with Crippen LogP contribution < -0.4 is 14.7 Å². The maximum Gasteiger partial charge on any atom is 0.242 e. The quantitative estimate of drug-likeness (QED) is 0.594. The van der Waals surface area contributed by atoms with Gasteiger partial charge in [0, 0.05) is 24.5 Å². The number of aryl methyl sites for hydroxylation is 2. The van der Waals surface area contributed by atoms with Crippen molar-refractivity contribution in [3.8, 4) is 0 Å². The highest BCUT2D eigenvalue weighted by Crippen LogP contribution is 2.65. The standard InChI is InChI=1S/C27H25N3O2/c1-18-8-12-20(13-9-18)28-16-17-29(21-14-10-19(2)11-15-21)27(28)23-24(27)26(32)30(25(23)31)22-6-4-3-5-7-22/h3-15,23-24H,16-17H2,1-2H3. The largest absolute Gasteiger partial charge is 0.345 e. The van der Waals surface area contributed by atoms with E-state index < -0.39 is 5.66 Å². The topological polar surface area (TPSA) is 43.9 Å². The van der Waals surface area contributed by atoms with Crippen molar-refractivity contribution in [1.82, 2.24) is 0 Å². The van der Waals surface area contributed by atoms with Crippen LogP contribution >= 0.6 is 0 Å². The first-order valence-corrected chi connectivity index (χ1v) is 11.1. The molecule has 3 aliphatic rings. The molecular formula is C27H25N3O2. The van der Waals surface area contributed by atoms with Crippen molar-refractivity contribution in [1.29, 1.82) is 0 Å². The summed E-state index contributed by atoms with van der Waals surface area (Å²) in [7, 11) is 0. The normalized spacial score (nSPS) is 23.2. The first kappa shape index (κ1) is 19.1. The van der Waals surface area contributed by atoms with Gasteiger partial charge in [-0.25, -0.2) is 4.90 Å². The zero-order chi connectivity index (χ0) is 22.0. The van der Waals surface area contributed by atoms with Crippen LogP contribution in [0.1, 0.15) is 11.1 Å². The number of imide groups is 1. The number of para-hydroxylation sites is 1. The molecule has 1 aliphatic carbocycles. The highest BCUT2D eigenvalue weighted by atomic mass is 16.2. The summed E-state index contributed by atoms with van der Waals surface area (Å²) < 4.78 is 0. The van der Waals surface area contributed by atoms with Crippen molar-refractivity contribution in [2.24, 2.45) is 11.8 Å². The molecular weight excluding hydrogens is 398 g/mol. The van der Waals surface area contributed by atoms with Crippen LogP contribution in [0.25, 0.3) is 0 Å². The van der Waals surface area contributed by atoms with Crippen molar-refractivity contribution in [2.45, 2.75) is 19.5 Å². The number of amides is 2. The predicted octanol–water partition coefficient (Wildman–Crippen LogP) is 4.15. The van der Waals surface area contributed by atoms with Gasteiger partial charge in [-0.3, -0.25) is 9.59 Å². The smallest absolute Gasteiger partial charge is 0.242 e. The van der Waals surface area contributed by atoms with E-state index >= 15 is 0 Å². The molecule has 2 saturated heterocycles. The molecule has 3 aromatic rings. The zero-order valence-corrected chi connectivity index (χ0v) is 18.2. The maximum absolute atomic E-state index is 13.6. The second kappa shape index (κ2) is 6.70. The average molecular weight is 424 g/mol. The number of fused-ring (bicyclic) bond motifs is 3. The van der Waals surface area contributed by atoms with E-state index in [-0.39, 0.29) is 23.7 Å². The molecule has 0 aromatic heterocycles. The molecule has 0 bridgehead atoms. The van der Waals surface area contributed by atoms with Crippen LogP contribution in [-0.4, -0.2) is 30.6 Å². The molecule has 32 heavy (non-hydrogen) atoms. The van der Waals surface area contributed by atoms with E-state index in [9.17, 15) is 9.59 Å². The summed E-state index contributed by atoms with van der Waals surface area (Å²) in [6.45, 7) is 5.68. The molecule has 3 fully saturated rings. The lowest BCUT2D eigenvalue weighted by Crippen LogP contribution is -2.52. The molecule has 5 heteroatoms. The van der Waals surface area contributed by atoms with Crippen LogP contribution in [0.15, 0.2) is 78.9 Å². The Morgan fingerprint density at radius 3 is 1.50 bits per heavy atom. The highest BCUT2D eigenvalue weighted by molar-refractivity contribution is 6.27. The van der Waals surface area contributed by atoms with Crippen molar-refractivity contribution in [3.63, 3.8) is 0 Å². The van der Waals surface area contributed by atoms with Gasteiger partial charge in [-0.05, 0) is 50.2 Å². The molecule has 0 N–H and O–H groups in total. The fraction of sp³-hybridized carbons (Fsp3) is 0.259. The summed E-state index contributed by atoms with van der Waals surface area (Å²) in [6.07, 6.45) is 0. The first-order valence-electron chi connectivity index (χ1n) is 11.1. The van der Waals surface area contributed by atoms with Gasteiger partial charge in [0.2, 0.25) is 11.8 Å². The SMILES string of the molecule is Cc1ccc(N2CCN(c3ccc(C)cc3)C23C2C(=O)N(c4ccccc4)C(=O)C23)cc1. The third kappa shape index (κ3) is 2.45. The molecule has 2 atom stereocenters. The van der Waals surface area contributed by atoms with Crippen LogP contribution in [0.3, 0.4) is 0 Å². The van der Waals surface area contributed by atoms with Gasteiger partial charge < -0.3 is 9.80 Å². The van der Waals surface area contributed by atoms with Gasteiger partial charge in [-0.2, -0.15) is 0 Å². The van der Waals surface area contributed by atoms with Gasteiger partial charge in [-0.1, -0.05) is 53.6 Å². The van der Waals surface area contributed by atoms with Crippen LogP contribution in [0, 0.1) is 25.7 Å². The zero-order valence-electron chi connectivity index (χ0n) is 18.2. The van der Waals surface area contributed by atoms with E-state index in [0.29, 0.717) is 5.69 Å². The Labute approximate surface area is 187 Å². The van der Waals surface area contributed by atoms with E-state index in [4.69, 9.17) is 0 Å². The molecule has 0 radical (unpaired) electrons. The fourth-order valence-corrected chi connectivity index (χ4v) is 5.73. The molecule has 1 saturated carbocycles. The Morgan fingerprint density at radius 1 is 0.625 bits per heavy atom. The van der Waals surface area contributed by atoms with E-state index in [1.54, 1.807) is 0 Å². The lowest BCUT2D eigenvalue weighted by molar-refractivity contribution is -0.124. The third-order valence-corrected chi connectivity index (χ3v) is 7.23. The number of hydrogen-bond donors (Lipinski definition) is 0. The summed E-state index contributed by atoms with van der Waals surface area (Å²) in [6, 6.07) is 26.1. The van der Waals surface area contributed by atoms with Crippen LogP contribution in [-0.2, 0) is 9.59 Å². The molecule has 160 valence electrons. The van der Waals surface area contributed by atoms with E-state index in [1.807, 2.05) is 30.3 Å². The molecule has 6 rings (SSSR count). The molecule has 2 amide bonds. The lowest BCUT2D eigenvalue weighted by Gasteiger charge is -2.37. The van der Waals surface area contributed by atoms with Crippen LogP contribution in [0.2, 0.25) is 0 Å². The molecule has 2 unspecified atom stereocenters. The molecule has 1 spiro atoms. The van der Waals surface area contributed by atoms with Crippen molar-refractivity contribution in [2.75, 3.05) is 27.8 Å². The second-order valence-electron chi connectivity index (χ2n) is 9.06. The summed E-state index contributed by atoms with van der Waals surface area (Å²) in [4.78, 5) is 33.2. The molecule has 5 nitrogen and oxygen atoms in total. The number of carbonyl (C=O) groups is 2. The second-order valence-corrected chi connectivity index (χ2v) is 9.06. The molecule has 3 aromatic carbocycles. The number of anilines is 3. The summed E-state index contributed by atoms with van der Waals surface area (Å²) in [5, 5.41) is 0. The number of benzene rings is 3. The van der Waals surface area contributed by atoms with Crippen molar-refractivity contribution >= 4 is 28.9 Å². The van der Waals surface area contributed by atoms with Crippen molar-refractivity contribution in [3.05, 3.63) is 90.0 Å². The van der Waals surface area contributed by atoms with Gasteiger partial charge in [-0.15, -0.1) is 0 Å². The number of rotatable bonds is 3.